The molecule has 3 aliphatic heterocycles. The highest BCUT2D eigenvalue weighted by Crippen LogP contribution is 2.33. The summed E-state index contributed by atoms with van der Waals surface area (Å²) in [6.45, 7) is -1.58. The van der Waals surface area contributed by atoms with E-state index in [1.54, 1.807) is 0 Å². The number of rotatable bonds is 13. The Morgan fingerprint density at radius 2 is 0.950 bits per heavy atom. The van der Waals surface area contributed by atoms with Crippen molar-refractivity contribution in [3.8, 4) is 0 Å². The average molecular weight is 590 g/mol. The van der Waals surface area contributed by atoms with Gasteiger partial charge in [-0.25, -0.2) is 0 Å². The number of hydrogen-bond acceptors (Lipinski definition) is 17. The Labute approximate surface area is 230 Å². The van der Waals surface area contributed by atoms with Gasteiger partial charge in [-0.15, -0.1) is 0 Å². The zero-order chi connectivity index (χ0) is 29.6. The van der Waals surface area contributed by atoms with Gasteiger partial charge in [-0.05, 0) is 25.8 Å². The SMILES string of the molecule is NCCCCCO[C@H]1OC(CO)[C@@H](O)C(O)C1O[C@H]1OC(CO)[C@@H](O)C(O)C1O[C@@H]1OC(CO)[C@@H](O)C(O)C1O. The average Bonchev–Trinajstić information content (AvgIpc) is 2.95. The molecule has 3 rings (SSSR count). The summed E-state index contributed by atoms with van der Waals surface area (Å²) in [7, 11) is 0. The summed E-state index contributed by atoms with van der Waals surface area (Å²) in [5, 5.41) is 102. The van der Waals surface area contributed by atoms with Gasteiger partial charge in [-0.1, -0.05) is 0 Å². The van der Waals surface area contributed by atoms with E-state index in [9.17, 15) is 51.1 Å². The molecule has 17 nitrogen and oxygen atoms in total. The van der Waals surface area contributed by atoms with Crippen molar-refractivity contribution >= 4 is 0 Å². The fraction of sp³-hybridized carbons (Fsp3) is 1.00. The summed E-state index contributed by atoms with van der Waals surface area (Å²) < 4.78 is 33.7. The first-order valence-corrected chi connectivity index (χ1v) is 13.3. The Hall–Kier alpha value is -0.680. The maximum Gasteiger partial charge on any atom is 0.187 e. The molecule has 0 saturated carbocycles. The third-order valence-electron chi connectivity index (χ3n) is 7.21. The standard InChI is InChI=1S/C23H43NO16/c24-4-2-1-3-5-35-22-19(16(32)13(29)10(7-26)37-22)40-23-20(17(33)14(30)11(8-27)38-23)39-21-18(34)15(31)12(28)9(6-25)36-21/h9-23,25-34H,1-8,24H2/t9?,10?,11?,12-,13-,14-,15?,16?,17?,18?,19?,20?,21+,22+,23-/m1/s1. The van der Waals surface area contributed by atoms with E-state index in [0.29, 0.717) is 13.0 Å². The van der Waals surface area contributed by atoms with Crippen LogP contribution in [-0.4, -0.2) is 176 Å². The lowest BCUT2D eigenvalue weighted by molar-refractivity contribution is -0.393. The molecule has 0 radical (unpaired) electrons. The molecule has 3 saturated heterocycles. The van der Waals surface area contributed by atoms with Gasteiger partial charge in [0.2, 0.25) is 0 Å². The minimum absolute atomic E-state index is 0.127. The first-order valence-electron chi connectivity index (χ1n) is 13.3. The Morgan fingerprint density at radius 1 is 0.500 bits per heavy atom. The van der Waals surface area contributed by atoms with E-state index in [4.69, 9.17) is 34.2 Å². The van der Waals surface area contributed by atoms with E-state index in [-0.39, 0.29) is 6.61 Å². The van der Waals surface area contributed by atoms with Crippen molar-refractivity contribution in [2.75, 3.05) is 33.0 Å². The van der Waals surface area contributed by atoms with E-state index in [1.165, 1.54) is 0 Å². The van der Waals surface area contributed by atoms with Crippen LogP contribution in [0.4, 0.5) is 0 Å². The highest BCUT2D eigenvalue weighted by molar-refractivity contribution is 4.96. The van der Waals surface area contributed by atoms with Crippen LogP contribution in [0.3, 0.4) is 0 Å². The Bertz CT molecular complexity index is 737. The number of unbranched alkanes of at least 4 members (excludes halogenated alkanes) is 2. The molecule has 0 aromatic rings. The summed E-state index contributed by atoms with van der Waals surface area (Å²) in [5.74, 6) is 0. The molecule has 0 aromatic heterocycles. The van der Waals surface area contributed by atoms with Gasteiger partial charge in [0, 0.05) is 6.61 Å². The number of ether oxygens (including phenoxy) is 6. The summed E-state index contributed by atoms with van der Waals surface area (Å²) in [4.78, 5) is 0. The second-order valence-electron chi connectivity index (χ2n) is 10.0. The van der Waals surface area contributed by atoms with Crippen LogP contribution >= 0.6 is 0 Å². The second-order valence-corrected chi connectivity index (χ2v) is 10.0. The molecule has 0 aliphatic carbocycles. The van der Waals surface area contributed by atoms with Crippen LogP contribution in [-0.2, 0) is 28.4 Å². The molecular formula is C23H43NO16. The quantitative estimate of drug-likeness (QED) is 0.0890. The largest absolute Gasteiger partial charge is 0.394 e. The third-order valence-corrected chi connectivity index (χ3v) is 7.21. The number of aliphatic hydroxyl groups excluding tert-OH is 10. The van der Waals surface area contributed by atoms with Crippen LogP contribution in [0.1, 0.15) is 19.3 Å². The molecule has 3 heterocycles. The molecule has 0 bridgehead atoms. The van der Waals surface area contributed by atoms with Crippen molar-refractivity contribution in [3.05, 3.63) is 0 Å². The summed E-state index contributed by atoms with van der Waals surface area (Å²) in [6, 6.07) is 0. The first kappa shape index (κ1) is 33.8. The van der Waals surface area contributed by atoms with Gasteiger partial charge in [0.25, 0.3) is 0 Å². The van der Waals surface area contributed by atoms with Crippen molar-refractivity contribution in [3.63, 3.8) is 0 Å². The molecule has 12 N–H and O–H groups in total. The zero-order valence-electron chi connectivity index (χ0n) is 21.8. The molecule has 9 unspecified atom stereocenters. The van der Waals surface area contributed by atoms with Crippen molar-refractivity contribution < 1.29 is 79.5 Å². The van der Waals surface area contributed by atoms with Crippen LogP contribution in [0.25, 0.3) is 0 Å². The van der Waals surface area contributed by atoms with Crippen molar-refractivity contribution in [1.29, 1.82) is 0 Å². The highest BCUT2D eigenvalue weighted by atomic mass is 16.8. The van der Waals surface area contributed by atoms with Crippen molar-refractivity contribution in [2.24, 2.45) is 5.73 Å². The fourth-order valence-corrected chi connectivity index (χ4v) is 4.76. The number of hydrogen-bond donors (Lipinski definition) is 11. The second kappa shape index (κ2) is 15.7. The maximum atomic E-state index is 10.8. The summed E-state index contributed by atoms with van der Waals surface area (Å²) >= 11 is 0. The number of aliphatic hydroxyl groups is 10. The minimum atomic E-state index is -1.88. The Morgan fingerprint density at radius 3 is 1.48 bits per heavy atom. The van der Waals surface area contributed by atoms with Gasteiger partial charge < -0.3 is 85.2 Å². The maximum absolute atomic E-state index is 10.8. The van der Waals surface area contributed by atoms with Gasteiger partial charge >= 0.3 is 0 Å². The van der Waals surface area contributed by atoms with Crippen LogP contribution in [0.15, 0.2) is 0 Å². The van der Waals surface area contributed by atoms with Gasteiger partial charge in [0.05, 0.1) is 19.8 Å². The highest BCUT2D eigenvalue weighted by Gasteiger charge is 2.54. The van der Waals surface area contributed by atoms with Crippen molar-refractivity contribution in [1.82, 2.24) is 0 Å². The Kier molecular flexibility index (Phi) is 13.3. The monoisotopic (exact) mass is 589 g/mol. The molecule has 40 heavy (non-hydrogen) atoms. The van der Waals surface area contributed by atoms with E-state index >= 15 is 0 Å². The summed E-state index contributed by atoms with van der Waals surface area (Å²) in [5.41, 5.74) is 5.49. The predicted octanol–water partition coefficient (Wildman–Crippen LogP) is -6.42. The first-order chi connectivity index (χ1) is 19.1. The molecule has 236 valence electrons. The zero-order valence-corrected chi connectivity index (χ0v) is 21.8. The topological polar surface area (TPSA) is 284 Å². The minimum Gasteiger partial charge on any atom is -0.394 e. The van der Waals surface area contributed by atoms with Gasteiger partial charge in [-0.3, -0.25) is 0 Å². The Balaban J connectivity index is 1.82. The van der Waals surface area contributed by atoms with Crippen LogP contribution < -0.4 is 5.73 Å². The lowest BCUT2D eigenvalue weighted by Crippen LogP contribution is -2.67. The lowest BCUT2D eigenvalue weighted by Gasteiger charge is -2.48. The fourth-order valence-electron chi connectivity index (χ4n) is 4.76. The molecule has 0 amide bonds. The molecule has 0 aromatic carbocycles. The third kappa shape index (κ3) is 7.63. The molecule has 15 atom stereocenters. The van der Waals surface area contributed by atoms with E-state index in [0.717, 1.165) is 12.8 Å². The van der Waals surface area contributed by atoms with Crippen molar-refractivity contribution in [2.45, 2.75) is 111 Å². The lowest BCUT2D eigenvalue weighted by atomic mass is 9.96. The molecule has 3 fully saturated rings. The molecule has 0 spiro atoms. The summed E-state index contributed by atoms with van der Waals surface area (Å²) in [6.07, 6.45) is -22.4. The van der Waals surface area contributed by atoms with E-state index in [1.807, 2.05) is 0 Å². The van der Waals surface area contributed by atoms with Crippen LogP contribution in [0.5, 0.6) is 0 Å². The van der Waals surface area contributed by atoms with Gasteiger partial charge in [0.15, 0.2) is 18.9 Å². The van der Waals surface area contributed by atoms with E-state index in [2.05, 4.69) is 0 Å². The molecular weight excluding hydrogens is 546 g/mol. The molecule has 17 heteroatoms. The normalized spacial score (nSPS) is 46.4. The van der Waals surface area contributed by atoms with Crippen LogP contribution in [0.2, 0.25) is 0 Å². The molecule has 3 aliphatic rings. The number of nitrogens with two attached hydrogens (primary N) is 1. The predicted molar refractivity (Wildman–Crippen MR) is 128 cm³/mol. The van der Waals surface area contributed by atoms with Gasteiger partial charge in [-0.2, -0.15) is 0 Å². The van der Waals surface area contributed by atoms with Crippen LogP contribution in [0, 0.1) is 0 Å². The smallest absolute Gasteiger partial charge is 0.187 e. The van der Waals surface area contributed by atoms with E-state index < -0.39 is 112 Å². The van der Waals surface area contributed by atoms with Gasteiger partial charge in [0.1, 0.15) is 73.2 Å².